The number of carbonyl (C=O) groups excluding carboxylic acids is 2. The monoisotopic (exact) mass is 372 g/mol. The van der Waals surface area contributed by atoms with Gasteiger partial charge < -0.3 is 14.1 Å². The normalized spacial score (nSPS) is 17.6. The van der Waals surface area contributed by atoms with Gasteiger partial charge in [0, 0.05) is 13.1 Å². The van der Waals surface area contributed by atoms with Crippen LogP contribution >= 0.6 is 0 Å². The molecule has 0 atom stereocenters. The Morgan fingerprint density at radius 1 is 1.15 bits per heavy atom. The molecule has 1 saturated heterocycles. The molecule has 0 aliphatic carbocycles. The van der Waals surface area contributed by atoms with Crippen LogP contribution in [0.2, 0.25) is 0 Å². The van der Waals surface area contributed by atoms with E-state index in [1.165, 1.54) is 20.0 Å². The summed E-state index contributed by atoms with van der Waals surface area (Å²) in [7, 11) is 1.33. The molecule has 1 amide bonds. The lowest BCUT2D eigenvalue weighted by Crippen LogP contribution is -2.30. The molecule has 1 fully saturated rings. The third-order valence-electron chi connectivity index (χ3n) is 5.15. The van der Waals surface area contributed by atoms with Gasteiger partial charge >= 0.3 is 5.97 Å². The fourth-order valence-corrected chi connectivity index (χ4v) is 3.73. The molecule has 0 N–H and O–H groups in total. The molecule has 4 rings (SSSR count). The summed E-state index contributed by atoms with van der Waals surface area (Å²) in [5, 5.41) is 4.28. The van der Waals surface area contributed by atoms with Gasteiger partial charge in [-0.3, -0.25) is 14.4 Å². The molecule has 8 nitrogen and oxygen atoms in total. The van der Waals surface area contributed by atoms with Crippen LogP contribution in [0.4, 0.5) is 0 Å². The molecule has 2 aromatic rings. The molecule has 0 saturated carbocycles. The Bertz CT molecular complexity index is 835. The zero-order valence-corrected chi connectivity index (χ0v) is 15.5. The van der Waals surface area contributed by atoms with E-state index in [2.05, 4.69) is 10.00 Å². The molecule has 2 aliphatic heterocycles. The van der Waals surface area contributed by atoms with Crippen LogP contribution in [-0.2, 0) is 24.4 Å². The summed E-state index contributed by atoms with van der Waals surface area (Å²) < 4.78 is 12.3. The zero-order chi connectivity index (χ0) is 18.8. The number of aromatic nitrogens is 2. The summed E-state index contributed by atoms with van der Waals surface area (Å²) in [6, 6.07) is 5.34. The van der Waals surface area contributed by atoms with E-state index in [4.69, 9.17) is 9.15 Å². The number of ether oxygens (including phenoxy) is 1. The average Bonchev–Trinajstić information content (AvgIpc) is 3.41. The van der Waals surface area contributed by atoms with Gasteiger partial charge in [0.25, 0.3) is 5.91 Å². The third-order valence-corrected chi connectivity index (χ3v) is 5.15. The highest BCUT2D eigenvalue weighted by molar-refractivity contribution is 5.91. The molecule has 0 radical (unpaired) electrons. The number of hydrogen-bond donors (Lipinski definition) is 0. The van der Waals surface area contributed by atoms with Gasteiger partial charge in [0.15, 0.2) is 11.5 Å². The second kappa shape index (κ2) is 7.56. The molecule has 2 aliphatic rings. The van der Waals surface area contributed by atoms with Crippen LogP contribution in [0.3, 0.4) is 0 Å². The average molecular weight is 372 g/mol. The van der Waals surface area contributed by atoms with Gasteiger partial charge in [-0.1, -0.05) is 0 Å². The topological polar surface area (TPSA) is 80.8 Å². The molecule has 8 heteroatoms. The summed E-state index contributed by atoms with van der Waals surface area (Å²) in [5.74, 6) is 0.599. The molecule has 2 aromatic heterocycles. The number of amides is 1. The summed E-state index contributed by atoms with van der Waals surface area (Å²) in [6.07, 6.45) is 3.21. The molecule has 0 bridgehead atoms. The Kier molecular flexibility index (Phi) is 4.98. The first-order valence-corrected chi connectivity index (χ1v) is 9.39. The molecule has 0 spiro atoms. The lowest BCUT2D eigenvalue weighted by molar-refractivity contribution is 0.0593. The van der Waals surface area contributed by atoms with E-state index in [-0.39, 0.29) is 11.6 Å². The highest BCUT2D eigenvalue weighted by atomic mass is 16.5. The van der Waals surface area contributed by atoms with E-state index in [0.29, 0.717) is 25.4 Å². The van der Waals surface area contributed by atoms with Gasteiger partial charge in [-0.05, 0) is 50.6 Å². The van der Waals surface area contributed by atoms with Crippen LogP contribution in [-0.4, -0.2) is 58.2 Å². The summed E-state index contributed by atoms with van der Waals surface area (Å²) in [6.45, 7) is 4.60. The fourth-order valence-electron chi connectivity index (χ4n) is 3.73. The predicted octanol–water partition coefficient (Wildman–Crippen LogP) is 1.90. The van der Waals surface area contributed by atoms with E-state index in [9.17, 15) is 9.59 Å². The number of carbonyl (C=O) groups is 2. The van der Waals surface area contributed by atoms with E-state index in [1.807, 2.05) is 6.07 Å². The van der Waals surface area contributed by atoms with Gasteiger partial charge in [0.1, 0.15) is 5.76 Å². The molecule has 4 heterocycles. The number of likely N-dealkylation sites (tertiary alicyclic amines) is 1. The largest absolute Gasteiger partial charge is 0.464 e. The van der Waals surface area contributed by atoms with E-state index < -0.39 is 5.97 Å². The van der Waals surface area contributed by atoms with Crippen molar-refractivity contribution in [2.75, 3.05) is 26.7 Å². The molecule has 27 heavy (non-hydrogen) atoms. The second-order valence-electron chi connectivity index (χ2n) is 7.07. The fraction of sp³-hybridized carbons (Fsp3) is 0.526. The van der Waals surface area contributed by atoms with Gasteiger partial charge in [-0.15, -0.1) is 0 Å². The van der Waals surface area contributed by atoms with Crippen LogP contribution in [0.25, 0.3) is 0 Å². The van der Waals surface area contributed by atoms with Gasteiger partial charge in [0.05, 0.1) is 25.9 Å². The lowest BCUT2D eigenvalue weighted by Gasteiger charge is -2.18. The maximum atomic E-state index is 12.9. The van der Waals surface area contributed by atoms with Crippen molar-refractivity contribution in [3.8, 4) is 0 Å². The van der Waals surface area contributed by atoms with Gasteiger partial charge in [-0.2, -0.15) is 5.10 Å². The van der Waals surface area contributed by atoms with Gasteiger partial charge in [-0.25, -0.2) is 4.79 Å². The van der Waals surface area contributed by atoms with E-state index >= 15 is 0 Å². The number of esters is 1. The molecule has 0 unspecified atom stereocenters. The predicted molar refractivity (Wildman–Crippen MR) is 96.1 cm³/mol. The molecular weight excluding hydrogens is 348 g/mol. The Morgan fingerprint density at radius 2 is 1.96 bits per heavy atom. The highest BCUT2D eigenvalue weighted by Crippen LogP contribution is 2.20. The molecule has 0 aromatic carbocycles. The summed E-state index contributed by atoms with van der Waals surface area (Å²) >= 11 is 0. The smallest absolute Gasteiger partial charge is 0.358 e. The van der Waals surface area contributed by atoms with Crippen LogP contribution < -0.4 is 0 Å². The standard InChI is InChI=1S/C19H24N4O4/c1-26-19(25)16-11-14-12-22(9-4-10-23(14)20-16)18(24)17-6-5-15(27-17)13-21-7-2-3-8-21/h5-6,11H,2-4,7-10,12-13H2,1H3. The summed E-state index contributed by atoms with van der Waals surface area (Å²) in [5.41, 5.74) is 1.10. The first-order valence-electron chi connectivity index (χ1n) is 9.39. The zero-order valence-electron chi connectivity index (χ0n) is 15.5. The SMILES string of the molecule is COC(=O)c1cc2n(n1)CCCN(C(=O)c1ccc(CN3CCCC3)o1)C2. The van der Waals surface area contributed by atoms with E-state index in [1.54, 1.807) is 21.7 Å². The van der Waals surface area contributed by atoms with Crippen molar-refractivity contribution in [2.45, 2.75) is 38.9 Å². The van der Waals surface area contributed by atoms with Crippen LogP contribution in [0.5, 0.6) is 0 Å². The minimum atomic E-state index is -0.467. The maximum absolute atomic E-state index is 12.9. The third kappa shape index (κ3) is 3.75. The first-order chi connectivity index (χ1) is 13.1. The molecule has 144 valence electrons. The van der Waals surface area contributed by atoms with Crippen molar-refractivity contribution in [3.63, 3.8) is 0 Å². The van der Waals surface area contributed by atoms with Crippen LogP contribution in [0, 0.1) is 0 Å². The number of rotatable bonds is 4. The highest BCUT2D eigenvalue weighted by Gasteiger charge is 2.25. The number of aryl methyl sites for hydroxylation is 1. The van der Waals surface area contributed by atoms with Crippen LogP contribution in [0.15, 0.2) is 22.6 Å². The number of hydrogen-bond acceptors (Lipinski definition) is 6. The Morgan fingerprint density at radius 3 is 2.74 bits per heavy atom. The summed E-state index contributed by atoms with van der Waals surface area (Å²) in [4.78, 5) is 28.7. The lowest BCUT2D eigenvalue weighted by atomic mass is 10.3. The van der Waals surface area contributed by atoms with Crippen molar-refractivity contribution in [1.82, 2.24) is 19.6 Å². The van der Waals surface area contributed by atoms with E-state index in [0.717, 1.165) is 37.5 Å². The quantitative estimate of drug-likeness (QED) is 0.763. The minimum Gasteiger partial charge on any atom is -0.464 e. The number of nitrogens with zero attached hydrogens (tertiary/aromatic N) is 4. The van der Waals surface area contributed by atoms with Crippen LogP contribution in [0.1, 0.15) is 51.8 Å². The Balaban J connectivity index is 1.46. The first kappa shape index (κ1) is 17.8. The van der Waals surface area contributed by atoms with Gasteiger partial charge in [0.2, 0.25) is 0 Å². The second-order valence-corrected chi connectivity index (χ2v) is 7.07. The van der Waals surface area contributed by atoms with Crippen molar-refractivity contribution >= 4 is 11.9 Å². The Labute approximate surface area is 157 Å². The number of furan rings is 1. The maximum Gasteiger partial charge on any atom is 0.358 e. The minimum absolute atomic E-state index is 0.128. The number of methoxy groups -OCH3 is 1. The van der Waals surface area contributed by atoms with Crippen molar-refractivity contribution < 1.29 is 18.7 Å². The number of fused-ring (bicyclic) bond motifs is 1. The Hall–Kier alpha value is -2.61. The van der Waals surface area contributed by atoms with Crippen molar-refractivity contribution in [2.24, 2.45) is 0 Å². The van der Waals surface area contributed by atoms with Crippen molar-refractivity contribution in [3.05, 3.63) is 41.1 Å². The molecular formula is C19H24N4O4. The van der Waals surface area contributed by atoms with Crippen molar-refractivity contribution in [1.29, 1.82) is 0 Å².